The van der Waals surface area contributed by atoms with Gasteiger partial charge in [0.25, 0.3) is 0 Å². The lowest BCUT2D eigenvalue weighted by molar-refractivity contribution is 0.582. The van der Waals surface area contributed by atoms with Crippen molar-refractivity contribution in [2.24, 2.45) is 4.99 Å². The van der Waals surface area contributed by atoms with Crippen LogP contribution in [0.15, 0.2) is 4.99 Å². The molecule has 0 aliphatic heterocycles. The van der Waals surface area contributed by atoms with Crippen LogP contribution in [0, 0.1) is 0 Å². The summed E-state index contributed by atoms with van der Waals surface area (Å²) in [5, 5.41) is 0. The standard InChI is InChI=1S/C8H17N/c1-6-7(2)9-8(3,4)5/h6H2,1-5H3/b9-7-. The normalized spacial score (nSPS) is 14.1. The molecule has 54 valence electrons. The van der Waals surface area contributed by atoms with E-state index in [0.717, 1.165) is 6.42 Å². The van der Waals surface area contributed by atoms with E-state index in [2.05, 4.69) is 39.6 Å². The predicted molar refractivity (Wildman–Crippen MR) is 43.2 cm³/mol. The van der Waals surface area contributed by atoms with E-state index in [1.807, 2.05) is 0 Å². The average molecular weight is 127 g/mol. The first-order valence-electron chi connectivity index (χ1n) is 3.51. The fourth-order valence-corrected chi connectivity index (χ4v) is 0.652. The largest absolute Gasteiger partial charge is 0.289 e. The second kappa shape index (κ2) is 3.00. The number of hydrogen-bond acceptors (Lipinski definition) is 1. The van der Waals surface area contributed by atoms with Gasteiger partial charge in [0, 0.05) is 5.71 Å². The van der Waals surface area contributed by atoms with Crippen molar-refractivity contribution in [3.63, 3.8) is 0 Å². The average Bonchev–Trinajstić information content (AvgIpc) is 1.62. The molecule has 0 bridgehead atoms. The van der Waals surface area contributed by atoms with Gasteiger partial charge in [-0.2, -0.15) is 0 Å². The molecule has 1 nitrogen and oxygen atoms in total. The van der Waals surface area contributed by atoms with Gasteiger partial charge < -0.3 is 0 Å². The van der Waals surface area contributed by atoms with Gasteiger partial charge in [0.1, 0.15) is 0 Å². The Bertz CT molecular complexity index is 106. The molecular formula is C8H17N. The molecule has 0 aromatic carbocycles. The van der Waals surface area contributed by atoms with Crippen molar-refractivity contribution in [2.75, 3.05) is 0 Å². The minimum absolute atomic E-state index is 0.111. The highest BCUT2D eigenvalue weighted by atomic mass is 14.8. The van der Waals surface area contributed by atoms with Crippen LogP contribution in [0.5, 0.6) is 0 Å². The third kappa shape index (κ3) is 5.54. The first kappa shape index (κ1) is 8.67. The summed E-state index contributed by atoms with van der Waals surface area (Å²) in [4.78, 5) is 4.44. The number of rotatable bonds is 1. The van der Waals surface area contributed by atoms with Crippen LogP contribution in [0.25, 0.3) is 0 Å². The summed E-state index contributed by atoms with van der Waals surface area (Å²) >= 11 is 0. The monoisotopic (exact) mass is 127 g/mol. The molecule has 1 heteroatoms. The van der Waals surface area contributed by atoms with E-state index in [1.54, 1.807) is 0 Å². The van der Waals surface area contributed by atoms with Crippen LogP contribution < -0.4 is 0 Å². The Morgan fingerprint density at radius 3 is 1.89 bits per heavy atom. The Balaban J connectivity index is 3.95. The lowest BCUT2D eigenvalue weighted by atomic mass is 10.1. The van der Waals surface area contributed by atoms with Gasteiger partial charge in [0.15, 0.2) is 0 Å². The SMILES string of the molecule is CC/C(C)=N\C(C)(C)C. The van der Waals surface area contributed by atoms with Gasteiger partial charge in [-0.1, -0.05) is 6.92 Å². The van der Waals surface area contributed by atoms with Crippen LogP contribution in [0.1, 0.15) is 41.0 Å². The maximum atomic E-state index is 4.44. The van der Waals surface area contributed by atoms with Crippen LogP contribution >= 0.6 is 0 Å². The van der Waals surface area contributed by atoms with Crippen molar-refractivity contribution >= 4 is 5.71 Å². The van der Waals surface area contributed by atoms with Gasteiger partial charge in [-0.15, -0.1) is 0 Å². The molecular weight excluding hydrogens is 110 g/mol. The molecule has 9 heavy (non-hydrogen) atoms. The lowest BCUT2D eigenvalue weighted by Crippen LogP contribution is -2.12. The number of aliphatic imine (C=N–C) groups is 1. The minimum Gasteiger partial charge on any atom is -0.289 e. The van der Waals surface area contributed by atoms with Crippen LogP contribution in [0.4, 0.5) is 0 Å². The highest BCUT2D eigenvalue weighted by Gasteiger charge is 2.05. The predicted octanol–water partition coefficient (Wildman–Crippen LogP) is 2.66. The Morgan fingerprint density at radius 2 is 1.78 bits per heavy atom. The van der Waals surface area contributed by atoms with Crippen molar-refractivity contribution in [2.45, 2.75) is 46.6 Å². The van der Waals surface area contributed by atoms with Crippen molar-refractivity contribution < 1.29 is 0 Å². The van der Waals surface area contributed by atoms with E-state index in [1.165, 1.54) is 5.71 Å². The summed E-state index contributed by atoms with van der Waals surface area (Å²) in [7, 11) is 0. The quantitative estimate of drug-likeness (QED) is 0.480. The molecule has 0 saturated carbocycles. The summed E-state index contributed by atoms with van der Waals surface area (Å²) in [6, 6.07) is 0. The maximum Gasteiger partial charge on any atom is 0.0523 e. The third-order valence-corrected chi connectivity index (χ3v) is 1.04. The molecule has 0 atom stereocenters. The molecule has 0 radical (unpaired) electrons. The van der Waals surface area contributed by atoms with Crippen molar-refractivity contribution in [3.05, 3.63) is 0 Å². The zero-order valence-electron chi connectivity index (χ0n) is 7.15. The number of nitrogens with zero attached hydrogens (tertiary/aromatic N) is 1. The van der Waals surface area contributed by atoms with Gasteiger partial charge in [-0.25, -0.2) is 0 Å². The highest BCUT2D eigenvalue weighted by Crippen LogP contribution is 2.07. The molecule has 0 aliphatic rings. The van der Waals surface area contributed by atoms with E-state index in [9.17, 15) is 0 Å². The zero-order valence-corrected chi connectivity index (χ0v) is 7.15. The summed E-state index contributed by atoms with van der Waals surface area (Å²) in [5.74, 6) is 0. The molecule has 0 rings (SSSR count). The Hall–Kier alpha value is -0.330. The van der Waals surface area contributed by atoms with E-state index in [-0.39, 0.29) is 5.54 Å². The highest BCUT2D eigenvalue weighted by molar-refractivity contribution is 5.81. The second-order valence-electron chi connectivity index (χ2n) is 3.37. The Labute approximate surface area is 58.2 Å². The second-order valence-corrected chi connectivity index (χ2v) is 3.37. The van der Waals surface area contributed by atoms with Crippen LogP contribution in [0.2, 0.25) is 0 Å². The Morgan fingerprint density at radius 1 is 1.33 bits per heavy atom. The molecule has 0 amide bonds. The first-order chi connectivity index (χ1) is 3.95. The van der Waals surface area contributed by atoms with Gasteiger partial charge in [0.05, 0.1) is 5.54 Å². The molecule has 0 aromatic heterocycles. The summed E-state index contributed by atoms with van der Waals surface area (Å²) in [6.45, 7) is 10.6. The van der Waals surface area contributed by atoms with E-state index in [0.29, 0.717) is 0 Å². The van der Waals surface area contributed by atoms with Crippen molar-refractivity contribution in [1.29, 1.82) is 0 Å². The number of hydrogen-bond donors (Lipinski definition) is 0. The van der Waals surface area contributed by atoms with Gasteiger partial charge in [0.2, 0.25) is 0 Å². The smallest absolute Gasteiger partial charge is 0.0523 e. The molecule has 0 aromatic rings. The van der Waals surface area contributed by atoms with E-state index < -0.39 is 0 Å². The first-order valence-corrected chi connectivity index (χ1v) is 3.51. The Kier molecular flexibility index (Phi) is 2.89. The van der Waals surface area contributed by atoms with Crippen molar-refractivity contribution in [1.82, 2.24) is 0 Å². The van der Waals surface area contributed by atoms with Crippen LogP contribution in [-0.2, 0) is 0 Å². The minimum atomic E-state index is 0.111. The van der Waals surface area contributed by atoms with Gasteiger partial charge >= 0.3 is 0 Å². The third-order valence-electron chi connectivity index (χ3n) is 1.04. The molecule has 0 N–H and O–H groups in total. The van der Waals surface area contributed by atoms with Crippen LogP contribution in [0.3, 0.4) is 0 Å². The van der Waals surface area contributed by atoms with Gasteiger partial charge in [-0.3, -0.25) is 4.99 Å². The summed E-state index contributed by atoms with van der Waals surface area (Å²) in [5.41, 5.74) is 1.35. The fraction of sp³-hybridized carbons (Fsp3) is 0.875. The van der Waals surface area contributed by atoms with Gasteiger partial charge in [-0.05, 0) is 34.1 Å². The van der Waals surface area contributed by atoms with E-state index in [4.69, 9.17) is 0 Å². The lowest BCUT2D eigenvalue weighted by Gasteiger charge is -2.12. The molecule has 0 heterocycles. The maximum absolute atomic E-state index is 4.44. The van der Waals surface area contributed by atoms with E-state index >= 15 is 0 Å². The zero-order chi connectivity index (χ0) is 7.49. The molecule has 0 aliphatic carbocycles. The van der Waals surface area contributed by atoms with Crippen LogP contribution in [-0.4, -0.2) is 11.3 Å². The molecule has 0 saturated heterocycles. The topological polar surface area (TPSA) is 12.4 Å². The molecule has 0 spiro atoms. The molecule has 0 unspecified atom stereocenters. The summed E-state index contributed by atoms with van der Waals surface area (Å²) < 4.78 is 0. The molecule has 0 fully saturated rings. The fourth-order valence-electron chi connectivity index (χ4n) is 0.652. The summed E-state index contributed by atoms with van der Waals surface area (Å²) in [6.07, 6.45) is 1.07. The van der Waals surface area contributed by atoms with Crippen molar-refractivity contribution in [3.8, 4) is 0 Å².